The van der Waals surface area contributed by atoms with E-state index in [4.69, 9.17) is 4.74 Å². The Morgan fingerprint density at radius 2 is 1.90 bits per heavy atom. The van der Waals surface area contributed by atoms with Gasteiger partial charge in [-0.25, -0.2) is 0 Å². The lowest BCUT2D eigenvalue weighted by Gasteiger charge is -2.32. The molecule has 1 heterocycles. The highest BCUT2D eigenvalue weighted by Crippen LogP contribution is 2.34. The van der Waals surface area contributed by atoms with Gasteiger partial charge in [0.2, 0.25) is 0 Å². The molecule has 2 nitrogen and oxygen atoms in total. The second kappa shape index (κ2) is 7.01. The Balaban J connectivity index is 1.94. The van der Waals surface area contributed by atoms with E-state index in [0.717, 1.165) is 15.8 Å². The molecule has 0 aromatic heterocycles. The van der Waals surface area contributed by atoms with Gasteiger partial charge in [0.25, 0.3) is 0 Å². The topological polar surface area (TPSA) is 12.5 Å². The van der Waals surface area contributed by atoms with E-state index in [0.29, 0.717) is 26.2 Å². The van der Waals surface area contributed by atoms with Gasteiger partial charge in [-0.2, -0.15) is 13.2 Å². The third-order valence-corrected chi connectivity index (χ3v) is 4.16. The minimum Gasteiger partial charge on any atom is -0.494 e. The summed E-state index contributed by atoms with van der Waals surface area (Å²) in [6, 6.07) is 5.82. The molecular weight excluding hydrogens is 347 g/mol. The van der Waals surface area contributed by atoms with E-state index in [1.54, 1.807) is 0 Å². The van der Waals surface area contributed by atoms with E-state index in [9.17, 15) is 13.2 Å². The summed E-state index contributed by atoms with van der Waals surface area (Å²) in [7, 11) is 0. The first-order valence-corrected chi connectivity index (χ1v) is 7.89. The third-order valence-electron chi connectivity index (χ3n) is 3.70. The van der Waals surface area contributed by atoms with Gasteiger partial charge in [0.1, 0.15) is 5.75 Å². The Bertz CT molecular complexity index is 470. The monoisotopic (exact) mass is 365 g/mol. The zero-order chi connectivity index (χ0) is 15.5. The second-order valence-electron chi connectivity index (χ2n) is 5.32. The van der Waals surface area contributed by atoms with Crippen molar-refractivity contribution in [3.63, 3.8) is 0 Å². The molecule has 1 aromatic carbocycles. The van der Waals surface area contributed by atoms with Crippen LogP contribution in [0.3, 0.4) is 0 Å². The predicted octanol–water partition coefficient (Wildman–Crippen LogP) is 4.62. The molecule has 1 aromatic rings. The Morgan fingerprint density at radius 1 is 1.24 bits per heavy atom. The van der Waals surface area contributed by atoms with E-state index < -0.39 is 12.1 Å². The first kappa shape index (κ1) is 16.6. The van der Waals surface area contributed by atoms with Gasteiger partial charge in [-0.05, 0) is 56.6 Å². The SMILES string of the molecule is CCOc1cc(Br)cc(CN2CCC(C(F)(F)F)CC2)c1. The van der Waals surface area contributed by atoms with Gasteiger partial charge < -0.3 is 4.74 Å². The first-order valence-electron chi connectivity index (χ1n) is 7.10. The average Bonchev–Trinajstić information content (AvgIpc) is 2.38. The first-order chi connectivity index (χ1) is 9.88. The number of benzene rings is 1. The van der Waals surface area contributed by atoms with E-state index in [2.05, 4.69) is 20.8 Å². The maximum atomic E-state index is 12.6. The molecule has 1 aliphatic heterocycles. The highest BCUT2D eigenvalue weighted by atomic mass is 79.9. The van der Waals surface area contributed by atoms with Crippen LogP contribution in [0.1, 0.15) is 25.3 Å². The summed E-state index contributed by atoms with van der Waals surface area (Å²) in [6.07, 6.45) is -3.67. The lowest BCUT2D eigenvalue weighted by Crippen LogP contribution is -2.38. The molecule has 0 saturated carbocycles. The lowest BCUT2D eigenvalue weighted by atomic mass is 9.96. The van der Waals surface area contributed by atoms with Crippen LogP contribution < -0.4 is 4.74 Å². The van der Waals surface area contributed by atoms with Crippen molar-refractivity contribution in [2.45, 2.75) is 32.5 Å². The number of hydrogen-bond donors (Lipinski definition) is 0. The number of hydrogen-bond acceptors (Lipinski definition) is 2. The highest BCUT2D eigenvalue weighted by Gasteiger charge is 2.40. The lowest BCUT2D eigenvalue weighted by molar-refractivity contribution is -0.185. The van der Waals surface area contributed by atoms with E-state index in [1.807, 2.05) is 25.1 Å². The summed E-state index contributed by atoms with van der Waals surface area (Å²) in [5.41, 5.74) is 1.05. The largest absolute Gasteiger partial charge is 0.494 e. The van der Waals surface area contributed by atoms with Crippen molar-refractivity contribution in [1.29, 1.82) is 0 Å². The fourth-order valence-electron chi connectivity index (χ4n) is 2.64. The second-order valence-corrected chi connectivity index (χ2v) is 6.24. The van der Waals surface area contributed by atoms with Crippen molar-refractivity contribution in [2.75, 3.05) is 19.7 Å². The maximum absolute atomic E-state index is 12.6. The quantitative estimate of drug-likeness (QED) is 0.771. The zero-order valence-corrected chi connectivity index (χ0v) is 13.5. The van der Waals surface area contributed by atoms with Crippen LogP contribution in [-0.2, 0) is 6.54 Å². The van der Waals surface area contributed by atoms with Crippen LogP contribution in [0.15, 0.2) is 22.7 Å². The van der Waals surface area contributed by atoms with E-state index >= 15 is 0 Å². The number of rotatable bonds is 4. The molecule has 0 bridgehead atoms. The predicted molar refractivity (Wildman–Crippen MR) is 79.4 cm³/mol. The van der Waals surface area contributed by atoms with Crippen molar-refractivity contribution in [3.8, 4) is 5.75 Å². The average molecular weight is 366 g/mol. The number of likely N-dealkylation sites (tertiary alicyclic amines) is 1. The number of nitrogens with zero attached hydrogens (tertiary/aromatic N) is 1. The Hall–Kier alpha value is -0.750. The van der Waals surface area contributed by atoms with Crippen LogP contribution in [0.5, 0.6) is 5.75 Å². The smallest absolute Gasteiger partial charge is 0.391 e. The highest BCUT2D eigenvalue weighted by molar-refractivity contribution is 9.10. The molecule has 0 radical (unpaired) electrons. The molecule has 0 unspecified atom stereocenters. The molecule has 0 N–H and O–H groups in total. The van der Waals surface area contributed by atoms with Crippen LogP contribution in [-0.4, -0.2) is 30.8 Å². The van der Waals surface area contributed by atoms with Crippen LogP contribution in [0.4, 0.5) is 13.2 Å². The summed E-state index contributed by atoms with van der Waals surface area (Å²) >= 11 is 3.44. The molecule has 0 amide bonds. The van der Waals surface area contributed by atoms with Crippen LogP contribution in [0, 0.1) is 5.92 Å². The molecular formula is C15H19BrF3NO. The Labute approximate surface area is 131 Å². The van der Waals surface area contributed by atoms with Crippen LogP contribution >= 0.6 is 15.9 Å². The van der Waals surface area contributed by atoms with Gasteiger partial charge in [-0.3, -0.25) is 4.90 Å². The zero-order valence-electron chi connectivity index (χ0n) is 11.9. The normalized spacial score (nSPS) is 18.0. The van der Waals surface area contributed by atoms with Crippen molar-refractivity contribution in [2.24, 2.45) is 5.92 Å². The Morgan fingerprint density at radius 3 is 2.48 bits per heavy atom. The van der Waals surface area contributed by atoms with E-state index in [1.165, 1.54) is 0 Å². The van der Waals surface area contributed by atoms with Gasteiger partial charge >= 0.3 is 6.18 Å². The summed E-state index contributed by atoms with van der Waals surface area (Å²) in [6.45, 7) is 4.14. The van der Waals surface area contributed by atoms with Crippen molar-refractivity contribution < 1.29 is 17.9 Å². The van der Waals surface area contributed by atoms with Crippen LogP contribution in [0.2, 0.25) is 0 Å². The molecule has 0 atom stereocenters. The summed E-state index contributed by atoms with van der Waals surface area (Å²) in [4.78, 5) is 2.07. The number of piperidine rings is 1. The summed E-state index contributed by atoms with van der Waals surface area (Å²) in [5.74, 6) is -0.359. The van der Waals surface area contributed by atoms with Gasteiger partial charge in [-0.15, -0.1) is 0 Å². The fraction of sp³-hybridized carbons (Fsp3) is 0.600. The van der Waals surface area contributed by atoms with Gasteiger partial charge in [0, 0.05) is 11.0 Å². The summed E-state index contributed by atoms with van der Waals surface area (Å²) in [5, 5.41) is 0. The molecule has 0 aliphatic carbocycles. The summed E-state index contributed by atoms with van der Waals surface area (Å²) < 4.78 is 44.3. The van der Waals surface area contributed by atoms with Crippen molar-refractivity contribution in [1.82, 2.24) is 4.90 Å². The molecule has 1 fully saturated rings. The number of halogens is 4. The molecule has 6 heteroatoms. The molecule has 1 aliphatic rings. The molecule has 21 heavy (non-hydrogen) atoms. The van der Waals surface area contributed by atoms with Gasteiger partial charge in [0.05, 0.1) is 12.5 Å². The number of alkyl halides is 3. The van der Waals surface area contributed by atoms with Gasteiger partial charge in [0.15, 0.2) is 0 Å². The van der Waals surface area contributed by atoms with Crippen molar-refractivity contribution in [3.05, 3.63) is 28.2 Å². The fourth-order valence-corrected chi connectivity index (χ4v) is 3.16. The standard InChI is InChI=1S/C15H19BrF3NO/c1-2-21-14-8-11(7-13(16)9-14)10-20-5-3-12(4-6-20)15(17,18)19/h7-9,12H,2-6,10H2,1H3. The van der Waals surface area contributed by atoms with E-state index in [-0.39, 0.29) is 12.8 Å². The molecule has 2 rings (SSSR count). The molecule has 1 saturated heterocycles. The third kappa shape index (κ3) is 4.88. The minimum atomic E-state index is -4.05. The minimum absolute atomic E-state index is 0.190. The molecule has 0 spiro atoms. The van der Waals surface area contributed by atoms with Crippen LogP contribution in [0.25, 0.3) is 0 Å². The molecule has 118 valence electrons. The van der Waals surface area contributed by atoms with Crippen molar-refractivity contribution >= 4 is 15.9 Å². The number of ether oxygens (including phenoxy) is 1. The maximum Gasteiger partial charge on any atom is 0.391 e. The van der Waals surface area contributed by atoms with Gasteiger partial charge in [-0.1, -0.05) is 15.9 Å². The Kier molecular flexibility index (Phi) is 5.54.